The van der Waals surface area contributed by atoms with Crippen LogP contribution in [0.2, 0.25) is 0 Å². The molecule has 2 fully saturated rings. The largest absolute Gasteiger partial charge is 0.426 e. The van der Waals surface area contributed by atoms with Gasteiger partial charge in [0.2, 0.25) is 0 Å². The minimum atomic E-state index is -0.145. The van der Waals surface area contributed by atoms with Gasteiger partial charge in [-0.1, -0.05) is 63.5 Å². The fourth-order valence-electron chi connectivity index (χ4n) is 5.55. The summed E-state index contributed by atoms with van der Waals surface area (Å²) >= 11 is 0. The van der Waals surface area contributed by atoms with Gasteiger partial charge in [-0.25, -0.2) is 0 Å². The molecule has 182 valence electrons. The minimum absolute atomic E-state index is 0.0661. The third kappa shape index (κ3) is 8.16. The molecule has 1 unspecified atom stereocenters. The van der Waals surface area contributed by atoms with Crippen molar-refractivity contribution in [1.29, 1.82) is 0 Å². The van der Waals surface area contributed by atoms with Gasteiger partial charge >= 0.3 is 5.97 Å². The summed E-state index contributed by atoms with van der Waals surface area (Å²) < 4.78 is 11.4. The molecule has 0 aromatic heterocycles. The van der Waals surface area contributed by atoms with E-state index in [4.69, 9.17) is 21.0 Å². The zero-order valence-corrected chi connectivity index (χ0v) is 20.3. The summed E-state index contributed by atoms with van der Waals surface area (Å²) in [5, 5.41) is 8.86. The van der Waals surface area contributed by atoms with Crippen molar-refractivity contribution < 1.29 is 19.4 Å². The maximum Gasteiger partial charge on any atom is 0.314 e. The summed E-state index contributed by atoms with van der Waals surface area (Å²) in [4.78, 5) is 12.6. The van der Waals surface area contributed by atoms with Gasteiger partial charge in [-0.2, -0.15) is 0 Å². The number of terminal acetylenes is 1. The highest BCUT2D eigenvalue weighted by Crippen LogP contribution is 2.37. The Morgan fingerprint density at radius 1 is 1.06 bits per heavy atom. The van der Waals surface area contributed by atoms with Crippen LogP contribution in [0.1, 0.15) is 95.5 Å². The Balaban J connectivity index is 1.43. The molecule has 0 amide bonds. The molecule has 4 nitrogen and oxygen atoms in total. The maximum atomic E-state index is 12.6. The molecular formula is C29H42O4. The maximum absolute atomic E-state index is 12.6. The lowest BCUT2D eigenvalue weighted by atomic mass is 9.76. The number of aliphatic hydroxyl groups excluding tert-OH is 1. The van der Waals surface area contributed by atoms with Crippen LogP contribution in [0.15, 0.2) is 24.3 Å². The topological polar surface area (TPSA) is 55.8 Å². The molecule has 1 N–H and O–H groups in total. The average molecular weight is 455 g/mol. The standard InChI is InChI=1S/C29H42O4/c1-3-6-22-7-9-23(10-8-22)21-24(4-2)25-11-17-28(18-12-25)33-29(31)26-13-15-27(16-14-26)32-20-5-19-30/h2,11-12,17-18,22-24,26-27,30H,3,5-10,13-16,19-21H2,1H3. The summed E-state index contributed by atoms with van der Waals surface area (Å²) in [7, 11) is 0. The van der Waals surface area contributed by atoms with E-state index in [9.17, 15) is 4.79 Å². The number of carbonyl (C=O) groups is 1. The molecule has 2 aliphatic carbocycles. The van der Waals surface area contributed by atoms with E-state index in [1.165, 1.54) is 38.5 Å². The second-order valence-electron chi connectivity index (χ2n) is 10.0. The van der Waals surface area contributed by atoms with Gasteiger partial charge in [0.25, 0.3) is 0 Å². The Morgan fingerprint density at radius 3 is 2.33 bits per heavy atom. The van der Waals surface area contributed by atoms with E-state index in [0.717, 1.165) is 49.5 Å². The molecular weight excluding hydrogens is 412 g/mol. The zero-order chi connectivity index (χ0) is 23.5. The van der Waals surface area contributed by atoms with E-state index in [0.29, 0.717) is 18.8 Å². The van der Waals surface area contributed by atoms with Crippen LogP contribution in [0, 0.1) is 30.1 Å². The molecule has 2 saturated carbocycles. The Hall–Kier alpha value is -1.83. The first-order valence-corrected chi connectivity index (χ1v) is 13.1. The highest BCUT2D eigenvalue weighted by Gasteiger charge is 2.28. The molecule has 33 heavy (non-hydrogen) atoms. The van der Waals surface area contributed by atoms with Crippen molar-refractivity contribution in [2.24, 2.45) is 17.8 Å². The van der Waals surface area contributed by atoms with Crippen molar-refractivity contribution in [1.82, 2.24) is 0 Å². The lowest BCUT2D eigenvalue weighted by Crippen LogP contribution is -2.29. The minimum Gasteiger partial charge on any atom is -0.426 e. The average Bonchev–Trinajstić information content (AvgIpc) is 2.85. The zero-order valence-electron chi connectivity index (χ0n) is 20.3. The Bertz CT molecular complexity index is 734. The molecule has 0 heterocycles. The van der Waals surface area contributed by atoms with Crippen molar-refractivity contribution in [2.45, 2.75) is 96.0 Å². The molecule has 1 aromatic carbocycles. The number of rotatable bonds is 11. The van der Waals surface area contributed by atoms with Crippen LogP contribution in [-0.2, 0) is 9.53 Å². The van der Waals surface area contributed by atoms with Crippen LogP contribution in [0.5, 0.6) is 5.75 Å². The number of carbonyl (C=O) groups excluding carboxylic acids is 1. The number of hydrogen-bond donors (Lipinski definition) is 1. The van der Waals surface area contributed by atoms with Gasteiger partial charge in [-0.05, 0) is 68.1 Å². The number of benzene rings is 1. The second kappa shape index (κ2) is 13.8. The molecule has 0 saturated heterocycles. The molecule has 4 heteroatoms. The Kier molecular flexibility index (Phi) is 10.8. The van der Waals surface area contributed by atoms with Crippen molar-refractivity contribution >= 4 is 5.97 Å². The van der Waals surface area contributed by atoms with Gasteiger partial charge in [0, 0.05) is 19.1 Å². The van der Waals surface area contributed by atoms with E-state index < -0.39 is 0 Å². The first-order valence-electron chi connectivity index (χ1n) is 13.1. The van der Waals surface area contributed by atoms with Crippen molar-refractivity contribution in [2.75, 3.05) is 13.2 Å². The van der Waals surface area contributed by atoms with Crippen LogP contribution in [0.3, 0.4) is 0 Å². The molecule has 1 atom stereocenters. The lowest BCUT2D eigenvalue weighted by molar-refractivity contribution is -0.141. The summed E-state index contributed by atoms with van der Waals surface area (Å²) in [5.74, 6) is 5.16. The van der Waals surface area contributed by atoms with Gasteiger partial charge in [0.05, 0.1) is 12.0 Å². The van der Waals surface area contributed by atoms with E-state index in [2.05, 4.69) is 12.8 Å². The summed E-state index contributed by atoms with van der Waals surface area (Å²) in [5.41, 5.74) is 1.15. The van der Waals surface area contributed by atoms with E-state index in [1.807, 2.05) is 24.3 Å². The summed E-state index contributed by atoms with van der Waals surface area (Å²) in [6, 6.07) is 7.84. The van der Waals surface area contributed by atoms with E-state index >= 15 is 0 Å². The van der Waals surface area contributed by atoms with Crippen LogP contribution in [0.4, 0.5) is 0 Å². The van der Waals surface area contributed by atoms with Gasteiger partial charge in [-0.3, -0.25) is 4.79 Å². The predicted molar refractivity (Wildman–Crippen MR) is 132 cm³/mol. The molecule has 0 radical (unpaired) electrons. The lowest BCUT2D eigenvalue weighted by Gasteiger charge is -2.30. The Labute approximate surface area is 200 Å². The first kappa shape index (κ1) is 25.8. The SMILES string of the molecule is C#CC(CC1CCC(CCC)CC1)c1ccc(OC(=O)C2CCC(OCCCO)CC2)cc1. The van der Waals surface area contributed by atoms with Crippen LogP contribution < -0.4 is 4.74 Å². The van der Waals surface area contributed by atoms with Crippen LogP contribution >= 0.6 is 0 Å². The van der Waals surface area contributed by atoms with Gasteiger partial charge in [0.1, 0.15) is 5.75 Å². The van der Waals surface area contributed by atoms with Gasteiger partial charge in [-0.15, -0.1) is 6.42 Å². The third-order valence-corrected chi connectivity index (χ3v) is 7.60. The highest BCUT2D eigenvalue weighted by molar-refractivity contribution is 5.75. The summed E-state index contributed by atoms with van der Waals surface area (Å²) in [6.07, 6.45) is 19.1. The van der Waals surface area contributed by atoms with Crippen molar-refractivity contribution in [3.8, 4) is 18.1 Å². The molecule has 0 spiro atoms. The normalized spacial score (nSPS) is 26.3. The number of hydrogen-bond acceptors (Lipinski definition) is 4. The second-order valence-corrected chi connectivity index (χ2v) is 10.0. The van der Waals surface area contributed by atoms with Gasteiger partial charge < -0.3 is 14.6 Å². The quantitative estimate of drug-likeness (QED) is 0.185. The first-order chi connectivity index (χ1) is 16.1. The smallest absolute Gasteiger partial charge is 0.314 e. The monoisotopic (exact) mass is 454 g/mol. The summed E-state index contributed by atoms with van der Waals surface area (Å²) in [6.45, 7) is 3.02. The third-order valence-electron chi connectivity index (χ3n) is 7.60. The molecule has 1 aromatic rings. The van der Waals surface area contributed by atoms with Crippen molar-refractivity contribution in [3.63, 3.8) is 0 Å². The number of esters is 1. The predicted octanol–water partition coefficient (Wildman–Crippen LogP) is 6.26. The fraction of sp³-hybridized carbons (Fsp3) is 0.690. The molecule has 2 aliphatic rings. The van der Waals surface area contributed by atoms with E-state index in [1.54, 1.807) is 0 Å². The number of ether oxygens (including phenoxy) is 2. The van der Waals surface area contributed by atoms with E-state index in [-0.39, 0.29) is 30.5 Å². The molecule has 3 rings (SSSR count). The fourth-order valence-corrected chi connectivity index (χ4v) is 5.55. The highest BCUT2D eigenvalue weighted by atomic mass is 16.5. The molecule has 0 aliphatic heterocycles. The van der Waals surface area contributed by atoms with Crippen molar-refractivity contribution in [3.05, 3.63) is 29.8 Å². The Morgan fingerprint density at radius 2 is 1.73 bits per heavy atom. The van der Waals surface area contributed by atoms with Crippen LogP contribution in [0.25, 0.3) is 0 Å². The van der Waals surface area contributed by atoms with Gasteiger partial charge in [0.15, 0.2) is 0 Å². The van der Waals surface area contributed by atoms with Crippen LogP contribution in [-0.4, -0.2) is 30.4 Å². The number of aliphatic hydroxyl groups is 1. The molecule has 0 bridgehead atoms.